The van der Waals surface area contributed by atoms with Crippen molar-refractivity contribution in [2.45, 2.75) is 26.4 Å². The van der Waals surface area contributed by atoms with Crippen LogP contribution >= 0.6 is 0 Å². The predicted molar refractivity (Wildman–Crippen MR) is 73.4 cm³/mol. The zero-order chi connectivity index (χ0) is 17.0. The van der Waals surface area contributed by atoms with Gasteiger partial charge in [0.2, 0.25) is 12.0 Å². The van der Waals surface area contributed by atoms with Gasteiger partial charge in [0, 0.05) is 24.1 Å². The largest absolute Gasteiger partial charge is 0.296 e. The van der Waals surface area contributed by atoms with Crippen LogP contribution < -0.4 is 0 Å². The predicted octanol–water partition coefficient (Wildman–Crippen LogP) is 2.64. The van der Waals surface area contributed by atoms with Crippen LogP contribution in [-0.2, 0) is 4.79 Å². The number of carbonyl (C=O) groups excluding carboxylic acids is 2. The van der Waals surface area contributed by atoms with Gasteiger partial charge in [-0.1, -0.05) is 13.8 Å². The molecule has 1 rings (SSSR count). The van der Waals surface area contributed by atoms with Crippen molar-refractivity contribution < 1.29 is 23.8 Å². The first kappa shape index (κ1) is 17.3. The SMILES string of the molecule is CCC(C)C(=O)C(F)C(=O)c1cc([N+](=O)[O-])ccc1[N+](=O)[O-]. The number of Topliss-reactive ketones (excluding diaryl/α,β-unsaturated/α-hetero) is 2. The molecule has 1 aromatic rings. The lowest BCUT2D eigenvalue weighted by Crippen LogP contribution is -2.30. The first-order valence-electron chi connectivity index (χ1n) is 6.35. The zero-order valence-electron chi connectivity index (χ0n) is 11.8. The minimum atomic E-state index is -2.59. The van der Waals surface area contributed by atoms with E-state index in [1.54, 1.807) is 6.92 Å². The van der Waals surface area contributed by atoms with E-state index in [4.69, 9.17) is 0 Å². The van der Waals surface area contributed by atoms with Gasteiger partial charge in [-0.25, -0.2) is 4.39 Å². The number of non-ortho nitro benzene ring substituents is 1. The first-order valence-corrected chi connectivity index (χ1v) is 6.35. The molecule has 2 unspecified atom stereocenters. The van der Waals surface area contributed by atoms with Crippen LogP contribution in [0, 0.1) is 26.1 Å². The Bertz CT molecular complexity index is 645. The number of nitro benzene ring substituents is 2. The molecule has 0 spiro atoms. The van der Waals surface area contributed by atoms with Crippen molar-refractivity contribution in [2.75, 3.05) is 0 Å². The van der Waals surface area contributed by atoms with Gasteiger partial charge < -0.3 is 0 Å². The molecule has 0 radical (unpaired) electrons. The van der Waals surface area contributed by atoms with Crippen LogP contribution in [0.4, 0.5) is 15.8 Å². The Morgan fingerprint density at radius 2 is 1.82 bits per heavy atom. The van der Waals surface area contributed by atoms with Crippen LogP contribution in [0.15, 0.2) is 18.2 Å². The van der Waals surface area contributed by atoms with Crippen LogP contribution in [0.5, 0.6) is 0 Å². The van der Waals surface area contributed by atoms with Gasteiger partial charge in [0.05, 0.1) is 9.85 Å². The number of nitro groups is 2. The average molecular weight is 312 g/mol. The summed E-state index contributed by atoms with van der Waals surface area (Å²) in [5.41, 5.74) is -2.17. The molecule has 0 aliphatic heterocycles. The molecule has 9 heteroatoms. The molecule has 22 heavy (non-hydrogen) atoms. The number of rotatable bonds is 7. The standard InChI is InChI=1S/C13H13FN2O6/c1-3-7(2)12(17)11(14)13(18)9-6-8(15(19)20)4-5-10(9)16(21)22/h4-7,11H,3H2,1-2H3. The summed E-state index contributed by atoms with van der Waals surface area (Å²) in [5, 5.41) is 21.5. The third kappa shape index (κ3) is 3.48. The molecule has 0 saturated heterocycles. The highest BCUT2D eigenvalue weighted by Crippen LogP contribution is 2.26. The van der Waals surface area contributed by atoms with E-state index in [9.17, 15) is 34.2 Å². The summed E-state index contributed by atoms with van der Waals surface area (Å²) in [6.07, 6.45) is -2.29. The molecule has 0 aromatic heterocycles. The normalized spacial score (nSPS) is 13.2. The van der Waals surface area contributed by atoms with E-state index < -0.39 is 50.4 Å². The number of hydrogen-bond acceptors (Lipinski definition) is 6. The van der Waals surface area contributed by atoms with Crippen molar-refractivity contribution >= 4 is 22.9 Å². The molecule has 0 fully saturated rings. The topological polar surface area (TPSA) is 120 Å². The van der Waals surface area contributed by atoms with Gasteiger partial charge in [-0.15, -0.1) is 0 Å². The van der Waals surface area contributed by atoms with E-state index in [-0.39, 0.29) is 0 Å². The Morgan fingerprint density at radius 1 is 1.23 bits per heavy atom. The highest BCUT2D eigenvalue weighted by Gasteiger charge is 2.35. The lowest BCUT2D eigenvalue weighted by molar-refractivity contribution is -0.389. The third-order valence-corrected chi connectivity index (χ3v) is 3.23. The minimum Gasteiger partial charge on any atom is -0.296 e. The smallest absolute Gasteiger partial charge is 0.280 e. The maximum absolute atomic E-state index is 14.0. The van der Waals surface area contributed by atoms with Crippen LogP contribution in [0.25, 0.3) is 0 Å². The molecule has 118 valence electrons. The monoisotopic (exact) mass is 312 g/mol. The molecule has 0 bridgehead atoms. The van der Waals surface area contributed by atoms with Crippen LogP contribution in [-0.4, -0.2) is 27.6 Å². The van der Waals surface area contributed by atoms with E-state index in [1.165, 1.54) is 6.92 Å². The summed E-state index contributed by atoms with van der Waals surface area (Å²) in [6, 6.07) is 2.18. The molecule has 1 aromatic carbocycles. The fourth-order valence-electron chi connectivity index (χ4n) is 1.71. The molecule has 0 aliphatic rings. The van der Waals surface area contributed by atoms with Crippen LogP contribution in [0.3, 0.4) is 0 Å². The van der Waals surface area contributed by atoms with Crippen molar-refractivity contribution in [1.82, 2.24) is 0 Å². The molecule has 0 heterocycles. The van der Waals surface area contributed by atoms with Crippen LogP contribution in [0.1, 0.15) is 30.6 Å². The van der Waals surface area contributed by atoms with E-state index in [1.807, 2.05) is 0 Å². The summed E-state index contributed by atoms with van der Waals surface area (Å²) in [7, 11) is 0. The van der Waals surface area contributed by atoms with Gasteiger partial charge in [-0.3, -0.25) is 29.8 Å². The van der Waals surface area contributed by atoms with Gasteiger partial charge in [-0.05, 0) is 6.42 Å². The maximum Gasteiger partial charge on any atom is 0.280 e. The summed E-state index contributed by atoms with van der Waals surface area (Å²) in [5.74, 6) is -3.19. The maximum atomic E-state index is 14.0. The molecule has 0 amide bonds. The number of carbonyl (C=O) groups is 2. The summed E-state index contributed by atoms with van der Waals surface area (Å²) >= 11 is 0. The fraction of sp³-hybridized carbons (Fsp3) is 0.385. The van der Waals surface area contributed by atoms with Gasteiger partial charge in [0.25, 0.3) is 11.4 Å². The highest BCUT2D eigenvalue weighted by atomic mass is 19.1. The molecular formula is C13H13FN2O6. The molecule has 0 saturated carbocycles. The highest BCUT2D eigenvalue weighted by molar-refractivity contribution is 6.15. The summed E-state index contributed by atoms with van der Waals surface area (Å²) < 4.78 is 14.0. The molecule has 0 aliphatic carbocycles. The van der Waals surface area contributed by atoms with Crippen molar-refractivity contribution in [1.29, 1.82) is 0 Å². The Labute approximate surface area is 124 Å². The number of ketones is 2. The number of alkyl halides is 1. The molecular weight excluding hydrogens is 299 g/mol. The lowest BCUT2D eigenvalue weighted by atomic mass is 9.94. The Balaban J connectivity index is 3.30. The van der Waals surface area contributed by atoms with E-state index >= 15 is 0 Å². The fourth-order valence-corrected chi connectivity index (χ4v) is 1.71. The van der Waals surface area contributed by atoms with Crippen molar-refractivity contribution in [3.8, 4) is 0 Å². The Morgan fingerprint density at radius 3 is 2.27 bits per heavy atom. The second kappa shape index (κ2) is 6.83. The first-order chi connectivity index (χ1) is 10.2. The van der Waals surface area contributed by atoms with Gasteiger partial charge in [0.1, 0.15) is 5.56 Å². The molecule has 0 N–H and O–H groups in total. The van der Waals surface area contributed by atoms with E-state index in [0.29, 0.717) is 12.5 Å². The second-order valence-electron chi connectivity index (χ2n) is 4.65. The number of halogens is 1. The van der Waals surface area contributed by atoms with Crippen molar-refractivity contribution in [2.24, 2.45) is 5.92 Å². The number of nitrogens with zero attached hydrogens (tertiary/aromatic N) is 2. The van der Waals surface area contributed by atoms with Gasteiger partial charge in [0.15, 0.2) is 5.78 Å². The lowest BCUT2D eigenvalue weighted by Gasteiger charge is -2.11. The third-order valence-electron chi connectivity index (χ3n) is 3.23. The Kier molecular flexibility index (Phi) is 5.39. The van der Waals surface area contributed by atoms with Crippen LogP contribution in [0.2, 0.25) is 0 Å². The van der Waals surface area contributed by atoms with Crippen molar-refractivity contribution in [3.05, 3.63) is 44.0 Å². The number of benzene rings is 1. The molecule has 2 atom stereocenters. The van der Waals surface area contributed by atoms with E-state index in [2.05, 4.69) is 0 Å². The quantitative estimate of drug-likeness (QED) is 0.330. The number of hydrogen-bond donors (Lipinski definition) is 0. The Hall–Kier alpha value is -2.71. The average Bonchev–Trinajstić information content (AvgIpc) is 2.50. The minimum absolute atomic E-state index is 0.295. The summed E-state index contributed by atoms with van der Waals surface area (Å²) in [4.78, 5) is 43.4. The zero-order valence-corrected chi connectivity index (χ0v) is 11.8. The molecule has 8 nitrogen and oxygen atoms in total. The van der Waals surface area contributed by atoms with Gasteiger partial charge in [-0.2, -0.15) is 0 Å². The van der Waals surface area contributed by atoms with Gasteiger partial charge >= 0.3 is 0 Å². The van der Waals surface area contributed by atoms with E-state index in [0.717, 1.165) is 12.1 Å². The summed E-state index contributed by atoms with van der Waals surface area (Å²) in [6.45, 7) is 3.04. The second-order valence-corrected chi connectivity index (χ2v) is 4.65. The van der Waals surface area contributed by atoms with Crippen molar-refractivity contribution in [3.63, 3.8) is 0 Å².